The van der Waals surface area contributed by atoms with Crippen LogP contribution in [0.25, 0.3) is 5.65 Å². The molecule has 22 heavy (non-hydrogen) atoms. The van der Waals surface area contributed by atoms with Crippen molar-refractivity contribution in [2.24, 2.45) is 0 Å². The van der Waals surface area contributed by atoms with Crippen LogP contribution in [0.4, 0.5) is 0 Å². The van der Waals surface area contributed by atoms with Crippen LogP contribution in [0.2, 0.25) is 0 Å². The third-order valence-corrected chi connectivity index (χ3v) is 3.81. The van der Waals surface area contributed by atoms with Crippen molar-refractivity contribution in [3.05, 3.63) is 53.7 Å². The molecule has 0 fully saturated rings. The van der Waals surface area contributed by atoms with Gasteiger partial charge in [-0.3, -0.25) is 9.20 Å². The lowest BCUT2D eigenvalue weighted by Gasteiger charge is -2.09. The Labute approximate surface area is 128 Å². The summed E-state index contributed by atoms with van der Waals surface area (Å²) in [7, 11) is 0. The van der Waals surface area contributed by atoms with Gasteiger partial charge in [-0.2, -0.15) is 0 Å². The van der Waals surface area contributed by atoms with E-state index in [1.54, 1.807) is 0 Å². The van der Waals surface area contributed by atoms with Crippen LogP contribution in [0.3, 0.4) is 0 Å². The van der Waals surface area contributed by atoms with E-state index in [9.17, 15) is 4.79 Å². The fourth-order valence-electron chi connectivity index (χ4n) is 2.54. The quantitative estimate of drug-likeness (QED) is 0.781. The maximum atomic E-state index is 12.0. The molecule has 3 rings (SSSR count). The number of amides is 1. The highest BCUT2D eigenvalue weighted by Crippen LogP contribution is 2.08. The molecule has 0 saturated carbocycles. The molecule has 0 unspecified atom stereocenters. The molecular weight excluding hydrogens is 278 g/mol. The Hall–Kier alpha value is -2.63. The fourth-order valence-corrected chi connectivity index (χ4v) is 2.54. The van der Waals surface area contributed by atoms with Crippen LogP contribution in [0.15, 0.2) is 36.5 Å². The lowest BCUT2D eigenvalue weighted by atomic mass is 10.3. The number of hydrogen-bond donors (Lipinski definition) is 1. The summed E-state index contributed by atoms with van der Waals surface area (Å²) in [5, 5.41) is 11.1. The first-order valence-corrected chi connectivity index (χ1v) is 7.33. The number of fused-ring (bicyclic) bond motifs is 1. The molecular formula is C16H19N5O. The van der Waals surface area contributed by atoms with Gasteiger partial charge in [0.1, 0.15) is 0 Å². The normalized spacial score (nSPS) is 11.0. The Morgan fingerprint density at radius 1 is 1.14 bits per heavy atom. The average Bonchev–Trinajstić information content (AvgIpc) is 3.07. The Kier molecular flexibility index (Phi) is 3.91. The molecule has 3 aromatic heterocycles. The molecule has 114 valence electrons. The van der Waals surface area contributed by atoms with Crippen LogP contribution < -0.4 is 5.32 Å². The van der Waals surface area contributed by atoms with Gasteiger partial charge in [0.15, 0.2) is 11.5 Å². The van der Waals surface area contributed by atoms with Gasteiger partial charge >= 0.3 is 0 Å². The number of pyridine rings is 1. The molecule has 0 aliphatic rings. The van der Waals surface area contributed by atoms with Gasteiger partial charge in [0.2, 0.25) is 5.91 Å². The first kappa shape index (κ1) is 14.3. The van der Waals surface area contributed by atoms with Crippen LogP contribution >= 0.6 is 0 Å². The van der Waals surface area contributed by atoms with Gasteiger partial charge in [0.05, 0.1) is 6.54 Å². The van der Waals surface area contributed by atoms with E-state index in [1.807, 2.05) is 42.6 Å². The van der Waals surface area contributed by atoms with Crippen molar-refractivity contribution in [1.29, 1.82) is 0 Å². The van der Waals surface area contributed by atoms with Crippen LogP contribution in [0.5, 0.6) is 0 Å². The average molecular weight is 297 g/mol. The van der Waals surface area contributed by atoms with Crippen LogP contribution in [-0.4, -0.2) is 25.1 Å². The van der Waals surface area contributed by atoms with Gasteiger partial charge in [-0.1, -0.05) is 6.07 Å². The van der Waals surface area contributed by atoms with Crippen LogP contribution in [0, 0.1) is 13.8 Å². The molecule has 6 heteroatoms. The van der Waals surface area contributed by atoms with E-state index in [0.29, 0.717) is 19.5 Å². The minimum Gasteiger partial charge on any atom is -0.349 e. The number of aryl methyl sites for hydroxylation is 2. The molecule has 1 N–H and O–H groups in total. The second kappa shape index (κ2) is 6.01. The van der Waals surface area contributed by atoms with Gasteiger partial charge in [-0.05, 0) is 38.1 Å². The smallest absolute Gasteiger partial charge is 0.222 e. The molecule has 0 aliphatic carbocycles. The van der Waals surface area contributed by atoms with Crippen LogP contribution in [0.1, 0.15) is 23.6 Å². The lowest BCUT2D eigenvalue weighted by Crippen LogP contribution is -2.25. The van der Waals surface area contributed by atoms with Gasteiger partial charge in [-0.25, -0.2) is 0 Å². The Morgan fingerprint density at radius 2 is 1.91 bits per heavy atom. The number of carbonyl (C=O) groups excluding carboxylic acids is 1. The van der Waals surface area contributed by atoms with E-state index in [2.05, 4.69) is 32.2 Å². The molecule has 3 heterocycles. The summed E-state index contributed by atoms with van der Waals surface area (Å²) in [6.45, 7) is 5.17. The summed E-state index contributed by atoms with van der Waals surface area (Å²) in [5.74, 6) is 0.748. The number of nitrogens with zero attached hydrogens (tertiary/aromatic N) is 4. The Bertz CT molecular complexity index is 782. The molecule has 0 saturated heterocycles. The van der Waals surface area contributed by atoms with Crippen molar-refractivity contribution in [3.63, 3.8) is 0 Å². The van der Waals surface area contributed by atoms with Crippen molar-refractivity contribution >= 4 is 11.6 Å². The molecule has 6 nitrogen and oxygen atoms in total. The summed E-state index contributed by atoms with van der Waals surface area (Å²) in [6, 6.07) is 9.84. The van der Waals surface area contributed by atoms with Crippen molar-refractivity contribution in [1.82, 2.24) is 24.5 Å². The summed E-state index contributed by atoms with van der Waals surface area (Å²) in [5.41, 5.74) is 3.13. The highest BCUT2D eigenvalue weighted by molar-refractivity contribution is 5.75. The highest BCUT2D eigenvalue weighted by Gasteiger charge is 2.08. The maximum Gasteiger partial charge on any atom is 0.222 e. The van der Waals surface area contributed by atoms with E-state index in [-0.39, 0.29) is 5.91 Å². The molecule has 0 bridgehead atoms. The lowest BCUT2D eigenvalue weighted by molar-refractivity contribution is -0.121. The summed E-state index contributed by atoms with van der Waals surface area (Å²) >= 11 is 0. The van der Waals surface area contributed by atoms with Gasteiger partial charge < -0.3 is 9.88 Å². The first-order valence-electron chi connectivity index (χ1n) is 7.33. The summed E-state index contributed by atoms with van der Waals surface area (Å²) in [4.78, 5) is 12.0. The zero-order chi connectivity index (χ0) is 15.5. The zero-order valence-corrected chi connectivity index (χ0v) is 12.8. The molecule has 0 aromatic carbocycles. The molecule has 1 amide bonds. The SMILES string of the molecule is Cc1ccc(C)n1CCC(=O)NCc1nnc2ccccn12. The molecule has 0 aliphatic heterocycles. The predicted molar refractivity (Wildman–Crippen MR) is 83.4 cm³/mol. The minimum atomic E-state index is 0.0141. The Balaban J connectivity index is 1.56. The van der Waals surface area contributed by atoms with E-state index < -0.39 is 0 Å². The van der Waals surface area contributed by atoms with Crippen molar-refractivity contribution in [3.8, 4) is 0 Å². The predicted octanol–water partition coefficient (Wildman–Crippen LogP) is 1.85. The topological polar surface area (TPSA) is 64.2 Å². The summed E-state index contributed by atoms with van der Waals surface area (Å²) in [6.07, 6.45) is 2.34. The van der Waals surface area contributed by atoms with Crippen LogP contribution in [-0.2, 0) is 17.9 Å². The second-order valence-corrected chi connectivity index (χ2v) is 5.34. The Morgan fingerprint density at radius 3 is 2.68 bits per heavy atom. The fraction of sp³-hybridized carbons (Fsp3) is 0.312. The standard InChI is InChI=1S/C16H19N5O/c1-12-6-7-13(2)20(12)10-8-16(22)17-11-15-19-18-14-5-3-4-9-21(14)15/h3-7,9H,8,10-11H2,1-2H3,(H,17,22). The van der Waals surface area contributed by atoms with Crippen molar-refractivity contribution in [2.75, 3.05) is 0 Å². The molecule has 0 atom stereocenters. The highest BCUT2D eigenvalue weighted by atomic mass is 16.1. The third-order valence-electron chi connectivity index (χ3n) is 3.81. The van der Waals surface area contributed by atoms with Crippen molar-refractivity contribution in [2.45, 2.75) is 33.4 Å². The largest absolute Gasteiger partial charge is 0.349 e. The van der Waals surface area contributed by atoms with Gasteiger partial charge in [0.25, 0.3) is 0 Å². The summed E-state index contributed by atoms with van der Waals surface area (Å²) < 4.78 is 4.02. The molecule has 0 radical (unpaired) electrons. The minimum absolute atomic E-state index is 0.0141. The third kappa shape index (κ3) is 2.86. The van der Waals surface area contributed by atoms with E-state index in [4.69, 9.17) is 0 Å². The number of rotatable bonds is 5. The van der Waals surface area contributed by atoms with E-state index >= 15 is 0 Å². The number of carbonyl (C=O) groups is 1. The number of aromatic nitrogens is 4. The number of nitrogens with one attached hydrogen (secondary N) is 1. The first-order chi connectivity index (χ1) is 10.6. The van der Waals surface area contributed by atoms with Crippen molar-refractivity contribution < 1.29 is 4.79 Å². The molecule has 0 spiro atoms. The monoisotopic (exact) mass is 297 g/mol. The number of hydrogen-bond acceptors (Lipinski definition) is 3. The van der Waals surface area contributed by atoms with Gasteiger partial charge in [-0.15, -0.1) is 10.2 Å². The van der Waals surface area contributed by atoms with E-state index in [0.717, 1.165) is 11.5 Å². The van der Waals surface area contributed by atoms with Gasteiger partial charge in [0, 0.05) is 30.6 Å². The molecule has 3 aromatic rings. The second-order valence-electron chi connectivity index (χ2n) is 5.34. The van der Waals surface area contributed by atoms with E-state index in [1.165, 1.54) is 11.4 Å². The zero-order valence-electron chi connectivity index (χ0n) is 12.8. The maximum absolute atomic E-state index is 12.0.